The average Bonchev–Trinajstić information content (AvgIpc) is 3.34. The fourth-order valence-corrected chi connectivity index (χ4v) is 3.64. The molecule has 0 aliphatic carbocycles. The van der Waals surface area contributed by atoms with Gasteiger partial charge >= 0.3 is 0 Å². The predicted octanol–water partition coefficient (Wildman–Crippen LogP) is 5.15. The lowest BCUT2D eigenvalue weighted by atomic mass is 10.0. The number of nitrogens with zero attached hydrogens (tertiary/aromatic N) is 3. The molecular formula is C23H25ClN4O. The molecule has 0 aliphatic rings. The van der Waals surface area contributed by atoms with Gasteiger partial charge in [-0.1, -0.05) is 41.0 Å². The molecular weight excluding hydrogens is 384 g/mol. The third-order valence-electron chi connectivity index (χ3n) is 5.05. The van der Waals surface area contributed by atoms with Crippen LogP contribution in [0.15, 0.2) is 53.1 Å². The standard InChI is InChI=1S/C23H25ClN4O/c1-28(2)14-4-6-17-5-3-7-20-19(17)15-21(25-20)23-26-22(27-29-23)13-10-16-8-11-18(24)12-9-16/h3,5,7-9,11-12,15,25H,4,6,10,13-14H2,1-2H3. The van der Waals surface area contributed by atoms with Crippen molar-refractivity contribution in [3.8, 4) is 11.6 Å². The number of aromatic nitrogens is 3. The lowest BCUT2D eigenvalue weighted by Crippen LogP contribution is -2.13. The van der Waals surface area contributed by atoms with Gasteiger partial charge in [0.25, 0.3) is 5.89 Å². The molecule has 4 rings (SSSR count). The van der Waals surface area contributed by atoms with Gasteiger partial charge in [0.2, 0.25) is 0 Å². The SMILES string of the molecule is CN(C)CCCc1cccc2[nH]c(-c3nc(CCc4ccc(Cl)cc4)no3)cc12. The van der Waals surface area contributed by atoms with Gasteiger partial charge in [0.15, 0.2) is 5.82 Å². The Labute approximate surface area is 175 Å². The largest absolute Gasteiger partial charge is 0.351 e. The molecule has 0 aliphatic heterocycles. The van der Waals surface area contributed by atoms with E-state index in [1.165, 1.54) is 16.5 Å². The second-order valence-electron chi connectivity index (χ2n) is 7.61. The van der Waals surface area contributed by atoms with Gasteiger partial charge in [0.05, 0.1) is 0 Å². The molecule has 5 nitrogen and oxygen atoms in total. The molecule has 0 amide bonds. The highest BCUT2D eigenvalue weighted by molar-refractivity contribution is 6.30. The molecule has 0 saturated heterocycles. The molecule has 4 aromatic rings. The first-order valence-electron chi connectivity index (χ1n) is 9.91. The van der Waals surface area contributed by atoms with E-state index >= 15 is 0 Å². The summed E-state index contributed by atoms with van der Waals surface area (Å²) in [6.07, 6.45) is 3.74. The molecule has 0 unspecified atom stereocenters. The summed E-state index contributed by atoms with van der Waals surface area (Å²) in [5.41, 5.74) is 4.51. The number of aromatic amines is 1. The first-order valence-corrected chi connectivity index (χ1v) is 10.3. The highest BCUT2D eigenvalue weighted by atomic mass is 35.5. The van der Waals surface area contributed by atoms with Crippen LogP contribution in [0.3, 0.4) is 0 Å². The number of fused-ring (bicyclic) bond motifs is 1. The fraction of sp³-hybridized carbons (Fsp3) is 0.304. The monoisotopic (exact) mass is 408 g/mol. The van der Waals surface area contributed by atoms with E-state index in [9.17, 15) is 0 Å². The van der Waals surface area contributed by atoms with E-state index in [1.807, 2.05) is 24.3 Å². The van der Waals surface area contributed by atoms with Crippen LogP contribution in [-0.4, -0.2) is 40.7 Å². The van der Waals surface area contributed by atoms with Crippen LogP contribution in [0.2, 0.25) is 5.02 Å². The minimum absolute atomic E-state index is 0.534. The number of hydrogen-bond donors (Lipinski definition) is 1. The highest BCUT2D eigenvalue weighted by Gasteiger charge is 2.13. The van der Waals surface area contributed by atoms with E-state index < -0.39 is 0 Å². The van der Waals surface area contributed by atoms with E-state index in [-0.39, 0.29) is 0 Å². The first-order chi connectivity index (χ1) is 14.1. The molecule has 0 radical (unpaired) electrons. The van der Waals surface area contributed by atoms with Crippen LogP contribution < -0.4 is 0 Å². The Kier molecular flexibility index (Phi) is 5.97. The smallest absolute Gasteiger partial charge is 0.274 e. The van der Waals surface area contributed by atoms with E-state index in [2.05, 4.69) is 58.4 Å². The second-order valence-corrected chi connectivity index (χ2v) is 8.05. The number of benzene rings is 2. The maximum absolute atomic E-state index is 5.94. The van der Waals surface area contributed by atoms with E-state index in [1.54, 1.807) is 0 Å². The Morgan fingerprint density at radius 1 is 1.03 bits per heavy atom. The van der Waals surface area contributed by atoms with Gasteiger partial charge in [-0.15, -0.1) is 0 Å². The van der Waals surface area contributed by atoms with Crippen molar-refractivity contribution >= 4 is 22.5 Å². The third-order valence-corrected chi connectivity index (χ3v) is 5.31. The van der Waals surface area contributed by atoms with Crippen molar-refractivity contribution in [3.63, 3.8) is 0 Å². The second kappa shape index (κ2) is 8.80. The quantitative estimate of drug-likeness (QED) is 0.438. The number of halogens is 1. The molecule has 1 N–H and O–H groups in total. The van der Waals surface area contributed by atoms with Gasteiger partial charge in [0.1, 0.15) is 5.69 Å². The minimum atomic E-state index is 0.534. The molecule has 150 valence electrons. The summed E-state index contributed by atoms with van der Waals surface area (Å²) in [5, 5.41) is 6.12. The van der Waals surface area contributed by atoms with Crippen molar-refractivity contribution < 1.29 is 4.52 Å². The van der Waals surface area contributed by atoms with Gasteiger partial charge < -0.3 is 14.4 Å². The number of aryl methyl sites for hydroxylation is 3. The Balaban J connectivity index is 1.47. The van der Waals surface area contributed by atoms with Crippen molar-refractivity contribution in [1.29, 1.82) is 0 Å². The molecule has 2 aromatic carbocycles. The molecule has 29 heavy (non-hydrogen) atoms. The molecule has 2 aromatic heterocycles. The maximum atomic E-state index is 5.94. The average molecular weight is 409 g/mol. The Hall–Kier alpha value is -2.63. The number of nitrogens with one attached hydrogen (secondary N) is 1. The van der Waals surface area contributed by atoms with Crippen LogP contribution in [-0.2, 0) is 19.3 Å². The molecule has 0 atom stereocenters. The van der Waals surface area contributed by atoms with Crippen LogP contribution in [0.4, 0.5) is 0 Å². The Morgan fingerprint density at radius 3 is 2.66 bits per heavy atom. The summed E-state index contributed by atoms with van der Waals surface area (Å²) in [6, 6.07) is 16.4. The third kappa shape index (κ3) is 4.86. The summed E-state index contributed by atoms with van der Waals surface area (Å²) < 4.78 is 5.52. The summed E-state index contributed by atoms with van der Waals surface area (Å²) in [6.45, 7) is 1.08. The van der Waals surface area contributed by atoms with Gasteiger partial charge in [0, 0.05) is 22.3 Å². The lowest BCUT2D eigenvalue weighted by molar-refractivity contribution is 0.400. The first kappa shape index (κ1) is 19.7. The van der Waals surface area contributed by atoms with Crippen molar-refractivity contribution in [3.05, 3.63) is 70.5 Å². The summed E-state index contributed by atoms with van der Waals surface area (Å²) >= 11 is 5.94. The van der Waals surface area contributed by atoms with Crippen LogP contribution in [0.5, 0.6) is 0 Å². The topological polar surface area (TPSA) is 58.0 Å². The Morgan fingerprint density at radius 2 is 1.86 bits per heavy atom. The van der Waals surface area contributed by atoms with Gasteiger partial charge in [-0.25, -0.2) is 0 Å². The highest BCUT2D eigenvalue weighted by Crippen LogP contribution is 2.26. The number of rotatable bonds is 8. The molecule has 2 heterocycles. The normalized spacial score (nSPS) is 11.6. The van der Waals surface area contributed by atoms with Crippen LogP contribution in [0.1, 0.15) is 23.4 Å². The number of H-pyrrole nitrogens is 1. The zero-order chi connectivity index (χ0) is 20.2. The van der Waals surface area contributed by atoms with Gasteiger partial charge in [-0.3, -0.25) is 0 Å². The van der Waals surface area contributed by atoms with E-state index in [0.29, 0.717) is 11.7 Å². The zero-order valence-corrected chi connectivity index (χ0v) is 17.5. The summed E-state index contributed by atoms with van der Waals surface area (Å²) in [5.74, 6) is 1.24. The van der Waals surface area contributed by atoms with Gasteiger partial charge in [-0.2, -0.15) is 4.98 Å². The summed E-state index contributed by atoms with van der Waals surface area (Å²) in [7, 11) is 4.21. The predicted molar refractivity (Wildman–Crippen MR) is 117 cm³/mol. The van der Waals surface area contributed by atoms with Crippen LogP contribution in [0.25, 0.3) is 22.5 Å². The molecule has 0 bridgehead atoms. The molecule has 0 spiro atoms. The van der Waals surface area contributed by atoms with Crippen molar-refractivity contribution in [2.24, 2.45) is 0 Å². The van der Waals surface area contributed by atoms with E-state index in [4.69, 9.17) is 16.1 Å². The van der Waals surface area contributed by atoms with Crippen LogP contribution >= 0.6 is 11.6 Å². The molecule has 0 fully saturated rings. The minimum Gasteiger partial charge on any atom is -0.351 e. The van der Waals surface area contributed by atoms with Crippen LogP contribution in [0, 0.1) is 0 Å². The van der Waals surface area contributed by atoms with Crippen molar-refractivity contribution in [1.82, 2.24) is 20.0 Å². The lowest BCUT2D eigenvalue weighted by Gasteiger charge is -2.09. The van der Waals surface area contributed by atoms with Crippen molar-refractivity contribution in [2.45, 2.75) is 25.7 Å². The Bertz CT molecular complexity index is 1080. The molecule has 0 saturated carbocycles. The summed E-state index contributed by atoms with van der Waals surface area (Å²) in [4.78, 5) is 10.2. The molecule has 6 heteroatoms. The zero-order valence-electron chi connectivity index (χ0n) is 16.8. The maximum Gasteiger partial charge on any atom is 0.274 e. The van der Waals surface area contributed by atoms with E-state index in [0.717, 1.165) is 48.5 Å². The van der Waals surface area contributed by atoms with Crippen molar-refractivity contribution in [2.75, 3.05) is 20.6 Å². The number of hydrogen-bond acceptors (Lipinski definition) is 4. The fourth-order valence-electron chi connectivity index (χ4n) is 3.51. The van der Waals surface area contributed by atoms with Gasteiger partial charge in [-0.05, 0) is 75.3 Å².